The molecule has 7 unspecified atom stereocenters. The molecule has 3 rings (SSSR count). The molecule has 28 heavy (non-hydrogen) atoms. The Labute approximate surface area is 168 Å². The van der Waals surface area contributed by atoms with Gasteiger partial charge < -0.3 is 4.74 Å². The Bertz CT molecular complexity index is 546. The van der Waals surface area contributed by atoms with Gasteiger partial charge in [0.2, 0.25) is 0 Å². The zero-order chi connectivity index (χ0) is 20.5. The van der Waals surface area contributed by atoms with Crippen LogP contribution in [0, 0.1) is 40.9 Å². The van der Waals surface area contributed by atoms with Crippen molar-refractivity contribution in [2.75, 3.05) is 13.7 Å². The minimum atomic E-state index is -4.05. The van der Waals surface area contributed by atoms with Gasteiger partial charge >= 0.3 is 6.18 Å². The second-order valence-electron chi connectivity index (χ2n) is 10.0. The van der Waals surface area contributed by atoms with Crippen LogP contribution in [-0.2, 0) is 9.53 Å². The van der Waals surface area contributed by atoms with Gasteiger partial charge in [0.1, 0.15) is 6.61 Å². The van der Waals surface area contributed by atoms with Gasteiger partial charge in [-0.3, -0.25) is 4.79 Å². The van der Waals surface area contributed by atoms with Crippen molar-refractivity contribution in [1.29, 1.82) is 0 Å². The highest BCUT2D eigenvalue weighted by atomic mass is 19.4. The summed E-state index contributed by atoms with van der Waals surface area (Å²) < 4.78 is 44.5. The van der Waals surface area contributed by atoms with E-state index in [1.807, 2.05) is 0 Å². The normalized spacial score (nSPS) is 40.8. The van der Waals surface area contributed by atoms with Gasteiger partial charge in [0.15, 0.2) is 5.78 Å². The number of fused-ring (bicyclic) bond motifs is 3. The van der Waals surface area contributed by atoms with Crippen LogP contribution in [0.2, 0.25) is 0 Å². The Morgan fingerprint density at radius 2 is 1.86 bits per heavy atom. The first-order chi connectivity index (χ1) is 13.2. The molecule has 0 radical (unpaired) electrons. The first-order valence-corrected chi connectivity index (χ1v) is 11.3. The summed E-state index contributed by atoms with van der Waals surface area (Å²) in [6.07, 6.45) is 3.89. The second-order valence-corrected chi connectivity index (χ2v) is 10.0. The lowest BCUT2D eigenvalue weighted by Gasteiger charge is -2.55. The van der Waals surface area contributed by atoms with E-state index < -0.39 is 12.6 Å². The largest absolute Gasteiger partial charge is 0.389 e. The Morgan fingerprint density at radius 3 is 2.50 bits per heavy atom. The summed E-state index contributed by atoms with van der Waals surface area (Å²) in [5, 5.41) is 0. The molecule has 3 aliphatic carbocycles. The number of alkyl halides is 3. The van der Waals surface area contributed by atoms with Crippen LogP contribution >= 0.6 is 0 Å². The van der Waals surface area contributed by atoms with Crippen LogP contribution in [0.25, 0.3) is 0 Å². The van der Waals surface area contributed by atoms with E-state index in [2.05, 4.69) is 13.8 Å². The fraction of sp³-hybridized carbons (Fsp3) is 0.957. The summed E-state index contributed by atoms with van der Waals surface area (Å²) in [5.74, 6) is 2.23. The average Bonchev–Trinajstić information content (AvgIpc) is 2.92. The summed E-state index contributed by atoms with van der Waals surface area (Å²) in [6, 6.07) is 0. The predicted octanol–water partition coefficient (Wildman–Crippen LogP) is 6.43. The molecule has 162 valence electrons. The zero-order valence-electron chi connectivity index (χ0n) is 17.7. The first kappa shape index (κ1) is 22.1. The lowest BCUT2D eigenvalue weighted by Crippen LogP contribution is -2.48. The van der Waals surface area contributed by atoms with Gasteiger partial charge in [-0.05, 0) is 79.4 Å². The van der Waals surface area contributed by atoms with E-state index in [1.54, 1.807) is 7.11 Å². The Morgan fingerprint density at radius 1 is 1.11 bits per heavy atom. The predicted molar refractivity (Wildman–Crippen MR) is 104 cm³/mol. The Kier molecular flexibility index (Phi) is 6.83. The van der Waals surface area contributed by atoms with E-state index >= 15 is 0 Å². The van der Waals surface area contributed by atoms with Gasteiger partial charge in [-0.1, -0.05) is 26.7 Å². The van der Waals surface area contributed by atoms with Crippen LogP contribution in [0.5, 0.6) is 0 Å². The third kappa shape index (κ3) is 4.44. The average molecular weight is 403 g/mol. The zero-order valence-corrected chi connectivity index (χ0v) is 17.7. The van der Waals surface area contributed by atoms with E-state index in [-0.39, 0.29) is 29.6 Å². The molecule has 3 aliphatic rings. The van der Waals surface area contributed by atoms with E-state index in [4.69, 9.17) is 4.74 Å². The summed E-state index contributed by atoms with van der Waals surface area (Å²) in [6.45, 7) is 4.66. The number of carbonyl (C=O) groups is 1. The topological polar surface area (TPSA) is 26.3 Å². The smallest absolute Gasteiger partial charge is 0.377 e. The summed E-state index contributed by atoms with van der Waals surface area (Å²) in [4.78, 5) is 12.2. The molecule has 0 aromatic rings. The second kappa shape index (κ2) is 8.65. The molecular weight excluding hydrogens is 365 g/mol. The molecule has 0 amide bonds. The summed E-state index contributed by atoms with van der Waals surface area (Å²) in [5.41, 5.74) is 0.179. The van der Waals surface area contributed by atoms with Gasteiger partial charge in [0, 0.05) is 20.0 Å². The molecule has 0 aromatic carbocycles. The Balaban J connectivity index is 1.74. The number of methoxy groups -OCH3 is 1. The molecule has 0 heterocycles. The van der Waals surface area contributed by atoms with Crippen LogP contribution in [0.15, 0.2) is 0 Å². The third-order valence-electron chi connectivity index (χ3n) is 8.61. The van der Waals surface area contributed by atoms with Crippen LogP contribution in [0.3, 0.4) is 0 Å². The molecular formula is C23H37F3O2. The van der Waals surface area contributed by atoms with Gasteiger partial charge in [-0.15, -0.1) is 0 Å². The van der Waals surface area contributed by atoms with Gasteiger partial charge in [0.05, 0.1) is 0 Å². The van der Waals surface area contributed by atoms with E-state index in [9.17, 15) is 18.0 Å². The van der Waals surface area contributed by atoms with Crippen molar-refractivity contribution in [3.05, 3.63) is 0 Å². The summed E-state index contributed by atoms with van der Waals surface area (Å²) >= 11 is 0. The molecule has 7 atom stereocenters. The summed E-state index contributed by atoms with van der Waals surface area (Å²) in [7, 11) is 1.57. The maximum atomic E-state index is 13.1. The lowest BCUT2D eigenvalue weighted by atomic mass is 9.50. The van der Waals surface area contributed by atoms with E-state index in [0.29, 0.717) is 30.1 Å². The van der Waals surface area contributed by atoms with Gasteiger partial charge in [0.25, 0.3) is 0 Å². The monoisotopic (exact) mass is 402 g/mol. The number of ether oxygens (including phenoxy) is 1. The highest BCUT2D eigenvalue weighted by Crippen LogP contribution is 2.64. The van der Waals surface area contributed by atoms with Crippen molar-refractivity contribution in [3.8, 4) is 0 Å². The van der Waals surface area contributed by atoms with Crippen LogP contribution in [0.4, 0.5) is 13.2 Å². The van der Waals surface area contributed by atoms with Crippen LogP contribution < -0.4 is 0 Å². The lowest BCUT2D eigenvalue weighted by molar-refractivity contribution is -0.161. The van der Waals surface area contributed by atoms with Crippen LogP contribution in [0.1, 0.15) is 78.1 Å². The fourth-order valence-corrected chi connectivity index (χ4v) is 7.51. The number of halogens is 3. The van der Waals surface area contributed by atoms with Gasteiger partial charge in [-0.2, -0.15) is 13.2 Å². The molecule has 0 N–H and O–H groups in total. The molecule has 3 fully saturated rings. The standard InChI is InChI=1S/C23H37F3O2/c1-4-5-18-15(13-23(24,25)26)6-8-20-19(18)10-11-22(2)16(7-9-21(20)22)12-17(27)14-28-3/h15-16,18-21H,4-14H2,1-3H3. The number of ketones is 1. The minimum Gasteiger partial charge on any atom is -0.377 e. The number of hydrogen-bond acceptors (Lipinski definition) is 2. The molecule has 0 spiro atoms. The fourth-order valence-electron chi connectivity index (χ4n) is 7.51. The number of carbonyl (C=O) groups excluding carboxylic acids is 1. The highest BCUT2D eigenvalue weighted by Gasteiger charge is 2.57. The molecule has 2 nitrogen and oxygen atoms in total. The SMILES string of the molecule is CCCC1C(CC(F)(F)F)CCC2C1CCC1(C)C(CC(=O)COC)CCC21. The maximum Gasteiger partial charge on any atom is 0.389 e. The molecule has 0 bridgehead atoms. The van der Waals surface area contributed by atoms with Crippen molar-refractivity contribution in [3.63, 3.8) is 0 Å². The third-order valence-corrected chi connectivity index (χ3v) is 8.61. The van der Waals surface area contributed by atoms with Crippen LogP contribution in [-0.4, -0.2) is 25.7 Å². The number of rotatable bonds is 7. The maximum absolute atomic E-state index is 13.1. The number of Topliss-reactive ketones (excluding diaryl/α,β-unsaturated/α-hetero) is 1. The highest BCUT2D eigenvalue weighted by molar-refractivity contribution is 5.80. The minimum absolute atomic E-state index is 0.179. The molecule has 3 saturated carbocycles. The van der Waals surface area contributed by atoms with Crippen molar-refractivity contribution < 1.29 is 22.7 Å². The molecule has 5 heteroatoms. The quantitative estimate of drug-likeness (QED) is 0.490. The van der Waals surface area contributed by atoms with Crippen molar-refractivity contribution in [2.24, 2.45) is 40.9 Å². The number of hydrogen-bond donors (Lipinski definition) is 0. The van der Waals surface area contributed by atoms with E-state index in [1.165, 1.54) is 0 Å². The van der Waals surface area contributed by atoms with Crippen molar-refractivity contribution in [1.82, 2.24) is 0 Å². The Hall–Kier alpha value is -0.580. The van der Waals surface area contributed by atoms with Crippen molar-refractivity contribution in [2.45, 2.75) is 84.2 Å². The van der Waals surface area contributed by atoms with Crippen molar-refractivity contribution >= 4 is 5.78 Å². The van der Waals surface area contributed by atoms with E-state index in [0.717, 1.165) is 51.4 Å². The molecule has 0 aliphatic heterocycles. The molecule has 0 saturated heterocycles. The first-order valence-electron chi connectivity index (χ1n) is 11.3. The molecule has 0 aromatic heterocycles. The van der Waals surface area contributed by atoms with Gasteiger partial charge in [-0.25, -0.2) is 0 Å².